The van der Waals surface area contributed by atoms with Gasteiger partial charge in [0.15, 0.2) is 10.7 Å². The van der Waals surface area contributed by atoms with Crippen molar-refractivity contribution in [2.45, 2.75) is 33.2 Å². The molecule has 0 saturated heterocycles. The Balaban J connectivity index is 1.45. The Labute approximate surface area is 167 Å². The number of para-hydroxylation sites is 2. The van der Waals surface area contributed by atoms with Crippen LogP contribution in [0.4, 0.5) is 5.69 Å². The van der Waals surface area contributed by atoms with E-state index in [0.29, 0.717) is 23.7 Å². The van der Waals surface area contributed by atoms with Gasteiger partial charge < -0.3 is 9.73 Å². The minimum absolute atomic E-state index is 0.217. The van der Waals surface area contributed by atoms with E-state index in [1.54, 1.807) is 6.07 Å². The number of hydrogen-bond acceptors (Lipinski definition) is 4. The van der Waals surface area contributed by atoms with Crippen LogP contribution in [-0.2, 0) is 11.3 Å². The van der Waals surface area contributed by atoms with E-state index >= 15 is 0 Å². The van der Waals surface area contributed by atoms with Crippen LogP contribution in [0, 0.1) is 13.8 Å². The van der Waals surface area contributed by atoms with Crippen molar-refractivity contribution >= 4 is 40.0 Å². The van der Waals surface area contributed by atoms with E-state index in [2.05, 4.69) is 16.2 Å². The van der Waals surface area contributed by atoms with Crippen LogP contribution < -0.4 is 21.9 Å². The largest absolute Gasteiger partial charge is 0.419 e. The number of oxazole rings is 1. The molecule has 1 amide bonds. The smallest absolute Gasteiger partial charge is 0.408 e. The quantitative estimate of drug-likeness (QED) is 0.452. The molecule has 1 aromatic heterocycles. The molecule has 8 heteroatoms. The summed E-state index contributed by atoms with van der Waals surface area (Å²) in [4.78, 5) is 23.9. The first kappa shape index (κ1) is 19.6. The number of nitrogens with zero attached hydrogens (tertiary/aromatic N) is 1. The monoisotopic (exact) mass is 398 g/mol. The fourth-order valence-electron chi connectivity index (χ4n) is 2.85. The molecule has 0 aliphatic rings. The highest BCUT2D eigenvalue weighted by Crippen LogP contribution is 2.17. The van der Waals surface area contributed by atoms with Gasteiger partial charge in [0.05, 0.1) is 5.52 Å². The second kappa shape index (κ2) is 8.71. The molecule has 7 nitrogen and oxygen atoms in total. The van der Waals surface area contributed by atoms with Crippen LogP contribution in [-0.4, -0.2) is 15.6 Å². The lowest BCUT2D eigenvalue weighted by Gasteiger charge is -2.14. The van der Waals surface area contributed by atoms with Crippen LogP contribution in [0.25, 0.3) is 11.1 Å². The number of nitrogens with one attached hydrogen (secondary N) is 3. The van der Waals surface area contributed by atoms with Crippen molar-refractivity contribution < 1.29 is 9.21 Å². The molecule has 146 valence electrons. The van der Waals surface area contributed by atoms with Crippen LogP contribution in [0.5, 0.6) is 0 Å². The lowest BCUT2D eigenvalue weighted by Crippen LogP contribution is -2.43. The molecule has 1 heterocycles. The third-order valence-electron chi connectivity index (χ3n) is 4.53. The number of amides is 1. The van der Waals surface area contributed by atoms with E-state index < -0.39 is 5.76 Å². The molecular formula is C20H22N4O3S. The van der Waals surface area contributed by atoms with Gasteiger partial charge in [-0.05, 0) is 61.8 Å². The number of rotatable bonds is 5. The molecule has 0 saturated carbocycles. The Morgan fingerprint density at radius 1 is 1.11 bits per heavy atom. The first-order chi connectivity index (χ1) is 13.5. The lowest BCUT2D eigenvalue weighted by atomic mass is 10.1. The molecular weight excluding hydrogens is 376 g/mol. The van der Waals surface area contributed by atoms with E-state index in [9.17, 15) is 9.59 Å². The van der Waals surface area contributed by atoms with E-state index in [1.807, 2.05) is 50.2 Å². The maximum atomic E-state index is 12.0. The van der Waals surface area contributed by atoms with Gasteiger partial charge in [0, 0.05) is 18.7 Å². The molecule has 2 aromatic carbocycles. The molecule has 28 heavy (non-hydrogen) atoms. The summed E-state index contributed by atoms with van der Waals surface area (Å²) in [7, 11) is 0. The molecule has 0 spiro atoms. The second-order valence-corrected chi connectivity index (χ2v) is 6.87. The van der Waals surface area contributed by atoms with Gasteiger partial charge in [-0.2, -0.15) is 0 Å². The summed E-state index contributed by atoms with van der Waals surface area (Å²) >= 11 is 5.21. The fraction of sp³-hybridized carbons (Fsp3) is 0.250. The lowest BCUT2D eigenvalue weighted by molar-refractivity contribution is -0.121. The van der Waals surface area contributed by atoms with E-state index in [4.69, 9.17) is 16.6 Å². The van der Waals surface area contributed by atoms with Crippen molar-refractivity contribution in [1.29, 1.82) is 0 Å². The van der Waals surface area contributed by atoms with Crippen molar-refractivity contribution in [3.05, 3.63) is 64.1 Å². The van der Waals surface area contributed by atoms with Gasteiger partial charge in [0.2, 0.25) is 5.91 Å². The highest BCUT2D eigenvalue weighted by atomic mass is 32.1. The standard InChI is InChI=1S/C20H22N4O3S/c1-13-7-5-8-15(14(13)2)21-19(28)23-22-18(25)11-6-12-24-16-9-3-4-10-17(16)27-20(24)26/h3-5,7-10H,6,11-12H2,1-2H3,(H,22,25)(H2,21,23,28). The van der Waals surface area contributed by atoms with Crippen LogP contribution in [0.15, 0.2) is 51.7 Å². The van der Waals surface area contributed by atoms with Gasteiger partial charge in [-0.15, -0.1) is 0 Å². The minimum atomic E-state index is -0.418. The van der Waals surface area contributed by atoms with Crippen LogP contribution >= 0.6 is 12.2 Å². The van der Waals surface area contributed by atoms with Crippen molar-refractivity contribution in [3.63, 3.8) is 0 Å². The van der Waals surface area contributed by atoms with Crippen LogP contribution in [0.2, 0.25) is 0 Å². The number of anilines is 1. The van der Waals surface area contributed by atoms with Crippen LogP contribution in [0.3, 0.4) is 0 Å². The van der Waals surface area contributed by atoms with Crippen molar-refractivity contribution in [2.24, 2.45) is 0 Å². The average molecular weight is 398 g/mol. The zero-order chi connectivity index (χ0) is 20.1. The number of aromatic nitrogens is 1. The average Bonchev–Trinajstić information content (AvgIpc) is 2.99. The van der Waals surface area contributed by atoms with E-state index in [-0.39, 0.29) is 12.3 Å². The van der Waals surface area contributed by atoms with Gasteiger partial charge in [0.1, 0.15) is 0 Å². The Morgan fingerprint density at radius 2 is 1.89 bits per heavy atom. The Morgan fingerprint density at radius 3 is 2.71 bits per heavy atom. The molecule has 0 atom stereocenters. The highest BCUT2D eigenvalue weighted by Gasteiger charge is 2.09. The van der Waals surface area contributed by atoms with Crippen molar-refractivity contribution in [1.82, 2.24) is 15.4 Å². The number of benzene rings is 2. The number of carbonyl (C=O) groups excluding carboxylic acids is 1. The zero-order valence-corrected chi connectivity index (χ0v) is 16.6. The third-order valence-corrected chi connectivity index (χ3v) is 4.73. The molecule has 0 bridgehead atoms. The van der Waals surface area contributed by atoms with Gasteiger partial charge in [-0.3, -0.25) is 20.2 Å². The Bertz CT molecular complexity index is 1070. The molecule has 3 rings (SSSR count). The van der Waals surface area contributed by atoms with Gasteiger partial charge in [0.25, 0.3) is 0 Å². The number of aryl methyl sites for hydroxylation is 2. The fourth-order valence-corrected chi connectivity index (χ4v) is 3.01. The van der Waals surface area contributed by atoms with Gasteiger partial charge in [-0.25, -0.2) is 4.79 Å². The molecule has 3 N–H and O–H groups in total. The summed E-state index contributed by atoms with van der Waals surface area (Å²) < 4.78 is 6.71. The van der Waals surface area contributed by atoms with E-state index in [0.717, 1.165) is 22.3 Å². The number of carbonyl (C=O) groups is 1. The first-order valence-corrected chi connectivity index (χ1v) is 9.37. The Hall–Kier alpha value is -3.13. The zero-order valence-electron chi connectivity index (χ0n) is 15.7. The number of hydrogen-bond donors (Lipinski definition) is 3. The highest BCUT2D eigenvalue weighted by molar-refractivity contribution is 7.80. The van der Waals surface area contributed by atoms with Gasteiger partial charge >= 0.3 is 5.76 Å². The summed E-state index contributed by atoms with van der Waals surface area (Å²) in [5.74, 6) is -0.635. The maximum absolute atomic E-state index is 12.0. The molecule has 3 aromatic rings. The summed E-state index contributed by atoms with van der Waals surface area (Å²) in [6, 6.07) is 13.1. The topological polar surface area (TPSA) is 88.3 Å². The molecule has 0 aliphatic heterocycles. The number of thiocarbonyl (C=S) groups is 1. The minimum Gasteiger partial charge on any atom is -0.408 e. The molecule has 0 radical (unpaired) electrons. The van der Waals surface area contributed by atoms with Gasteiger partial charge in [-0.1, -0.05) is 24.3 Å². The SMILES string of the molecule is Cc1cccc(NC(=S)NNC(=O)CCCn2c(=O)oc3ccccc32)c1C. The van der Waals surface area contributed by atoms with Crippen molar-refractivity contribution in [2.75, 3.05) is 5.32 Å². The van der Waals surface area contributed by atoms with Crippen LogP contribution in [0.1, 0.15) is 24.0 Å². The summed E-state index contributed by atoms with van der Waals surface area (Å²) in [6.07, 6.45) is 0.735. The predicted molar refractivity (Wildman–Crippen MR) is 113 cm³/mol. The first-order valence-electron chi connectivity index (χ1n) is 8.96. The predicted octanol–water partition coefficient (Wildman–Crippen LogP) is 3.01. The summed E-state index contributed by atoms with van der Waals surface area (Å²) in [5.41, 5.74) is 9.66. The summed E-state index contributed by atoms with van der Waals surface area (Å²) in [6.45, 7) is 4.42. The van der Waals surface area contributed by atoms with E-state index in [1.165, 1.54) is 4.57 Å². The third kappa shape index (κ3) is 4.58. The summed E-state index contributed by atoms with van der Waals surface area (Å²) in [5, 5.41) is 3.36. The second-order valence-electron chi connectivity index (χ2n) is 6.47. The molecule has 0 unspecified atom stereocenters. The Kier molecular flexibility index (Phi) is 6.10. The number of hydrazine groups is 1. The maximum Gasteiger partial charge on any atom is 0.419 e. The molecule has 0 fully saturated rings. The number of fused-ring (bicyclic) bond motifs is 1. The molecule has 0 aliphatic carbocycles. The van der Waals surface area contributed by atoms with Crippen molar-refractivity contribution in [3.8, 4) is 0 Å². The normalized spacial score (nSPS) is 10.6.